The molecule has 0 bridgehead atoms. The average molecular weight is 542 g/mol. The highest BCUT2D eigenvalue weighted by Gasteiger charge is 2.30. The van der Waals surface area contributed by atoms with Crippen LogP contribution in [0, 0.1) is 19.3 Å². The van der Waals surface area contributed by atoms with E-state index >= 15 is 0 Å². The zero-order valence-corrected chi connectivity index (χ0v) is 22.8. The van der Waals surface area contributed by atoms with Crippen LogP contribution in [0.15, 0.2) is 60.7 Å². The van der Waals surface area contributed by atoms with Gasteiger partial charge in [-0.2, -0.15) is 13.2 Å². The van der Waals surface area contributed by atoms with Crippen LogP contribution in [-0.4, -0.2) is 23.5 Å². The average Bonchev–Trinajstić information content (AvgIpc) is 2.82. The van der Waals surface area contributed by atoms with Crippen LogP contribution in [-0.2, 0) is 11.0 Å². The minimum absolute atomic E-state index is 0.0485. The first-order valence-corrected chi connectivity index (χ1v) is 12.7. The van der Waals surface area contributed by atoms with Gasteiger partial charge in [0.25, 0.3) is 5.91 Å². The molecule has 5 nitrogen and oxygen atoms in total. The highest BCUT2D eigenvalue weighted by molar-refractivity contribution is 5.94. The lowest BCUT2D eigenvalue weighted by molar-refractivity contribution is -0.138. The highest BCUT2D eigenvalue weighted by Crippen LogP contribution is 2.37. The molecule has 0 heterocycles. The van der Waals surface area contributed by atoms with E-state index in [2.05, 4.69) is 26.1 Å². The summed E-state index contributed by atoms with van der Waals surface area (Å²) in [7, 11) is 0. The van der Waals surface area contributed by atoms with Gasteiger partial charge < -0.3 is 15.2 Å². The molecule has 2 N–H and O–H groups in total. The standard InChI is InChI=1S/C31H34F3NO4/c1-19-16-25(17-20(2)28(19)22-10-12-24(13-11-22)31(32,33)34)39-26(18-30(3,4)5)21-6-8-23(9-7-21)29(38)35-15-14-27(36)37/h6-13,16-17,26H,14-15,18H2,1-5H3,(H,35,38)(H,36,37). The summed E-state index contributed by atoms with van der Waals surface area (Å²) < 4.78 is 45.5. The molecule has 0 aliphatic heterocycles. The molecule has 1 atom stereocenters. The molecule has 39 heavy (non-hydrogen) atoms. The molecule has 0 spiro atoms. The van der Waals surface area contributed by atoms with E-state index in [-0.39, 0.29) is 30.4 Å². The third-order valence-corrected chi connectivity index (χ3v) is 6.25. The van der Waals surface area contributed by atoms with Gasteiger partial charge in [-0.3, -0.25) is 9.59 Å². The van der Waals surface area contributed by atoms with Gasteiger partial charge in [-0.15, -0.1) is 0 Å². The third kappa shape index (κ3) is 8.34. The summed E-state index contributed by atoms with van der Waals surface area (Å²) in [6.07, 6.45) is -4.16. The molecule has 208 valence electrons. The number of alkyl halides is 3. The highest BCUT2D eigenvalue weighted by atomic mass is 19.4. The summed E-state index contributed by atoms with van der Waals surface area (Å²) in [6.45, 7) is 10.2. The molecule has 0 radical (unpaired) electrons. The summed E-state index contributed by atoms with van der Waals surface area (Å²) >= 11 is 0. The number of carbonyl (C=O) groups is 2. The van der Waals surface area contributed by atoms with E-state index in [0.29, 0.717) is 23.3 Å². The molecule has 0 aliphatic rings. The number of aliphatic carboxylic acids is 1. The molecule has 0 saturated carbocycles. The van der Waals surface area contributed by atoms with Crippen molar-refractivity contribution in [3.8, 4) is 16.9 Å². The maximum Gasteiger partial charge on any atom is 0.416 e. The predicted molar refractivity (Wildman–Crippen MR) is 145 cm³/mol. The molecule has 1 amide bonds. The number of benzene rings is 3. The Morgan fingerprint density at radius 2 is 1.49 bits per heavy atom. The number of aryl methyl sites for hydroxylation is 2. The van der Waals surface area contributed by atoms with Crippen LogP contribution in [0.2, 0.25) is 0 Å². The van der Waals surface area contributed by atoms with Crippen molar-refractivity contribution in [1.82, 2.24) is 5.32 Å². The van der Waals surface area contributed by atoms with Crippen LogP contribution in [0.25, 0.3) is 11.1 Å². The maximum atomic E-state index is 13.0. The van der Waals surface area contributed by atoms with Crippen LogP contribution in [0.3, 0.4) is 0 Å². The van der Waals surface area contributed by atoms with Crippen LogP contribution in [0.5, 0.6) is 5.75 Å². The van der Waals surface area contributed by atoms with Gasteiger partial charge in [-0.05, 0) is 89.9 Å². The second-order valence-corrected chi connectivity index (χ2v) is 10.9. The van der Waals surface area contributed by atoms with Crippen LogP contribution in [0.4, 0.5) is 13.2 Å². The fraction of sp³-hybridized carbons (Fsp3) is 0.355. The van der Waals surface area contributed by atoms with E-state index < -0.39 is 17.7 Å². The van der Waals surface area contributed by atoms with Crippen LogP contribution >= 0.6 is 0 Å². The van der Waals surface area contributed by atoms with E-state index in [9.17, 15) is 22.8 Å². The number of amides is 1. The van der Waals surface area contributed by atoms with Gasteiger partial charge in [0.2, 0.25) is 0 Å². The molecular formula is C31H34F3NO4. The van der Waals surface area contributed by atoms with E-state index in [1.54, 1.807) is 12.1 Å². The Morgan fingerprint density at radius 3 is 1.97 bits per heavy atom. The lowest BCUT2D eigenvalue weighted by Gasteiger charge is -2.28. The summed E-state index contributed by atoms with van der Waals surface area (Å²) in [5, 5.41) is 11.3. The largest absolute Gasteiger partial charge is 0.486 e. The van der Waals surface area contributed by atoms with E-state index in [1.807, 2.05) is 38.1 Å². The normalized spacial score (nSPS) is 12.6. The summed E-state index contributed by atoms with van der Waals surface area (Å²) in [5.41, 5.74) is 3.88. The second kappa shape index (κ2) is 11.9. The first kappa shape index (κ1) is 29.7. The van der Waals surface area contributed by atoms with Crippen molar-refractivity contribution in [2.24, 2.45) is 5.41 Å². The van der Waals surface area contributed by atoms with Gasteiger partial charge in [0.05, 0.1) is 12.0 Å². The third-order valence-electron chi connectivity index (χ3n) is 6.25. The predicted octanol–water partition coefficient (Wildman–Crippen LogP) is 7.75. The van der Waals surface area contributed by atoms with Gasteiger partial charge in [-0.25, -0.2) is 0 Å². The Hall–Kier alpha value is -3.81. The number of hydrogen-bond donors (Lipinski definition) is 2. The minimum Gasteiger partial charge on any atom is -0.486 e. The molecule has 0 aliphatic carbocycles. The van der Waals surface area contributed by atoms with Crippen molar-refractivity contribution >= 4 is 11.9 Å². The summed E-state index contributed by atoms with van der Waals surface area (Å²) in [4.78, 5) is 23.0. The summed E-state index contributed by atoms with van der Waals surface area (Å²) in [6, 6.07) is 16.0. The minimum atomic E-state index is -4.38. The number of carboxylic acid groups (broad SMARTS) is 1. The van der Waals surface area contributed by atoms with Crippen LogP contribution < -0.4 is 10.1 Å². The van der Waals surface area contributed by atoms with E-state index in [4.69, 9.17) is 9.84 Å². The second-order valence-electron chi connectivity index (χ2n) is 10.9. The molecule has 3 rings (SSSR count). The van der Waals surface area contributed by atoms with Crippen molar-refractivity contribution in [3.05, 3.63) is 88.5 Å². The number of hydrogen-bond acceptors (Lipinski definition) is 3. The Bertz CT molecular complexity index is 1280. The van der Waals surface area contributed by atoms with E-state index in [0.717, 1.165) is 34.4 Å². The Morgan fingerprint density at radius 1 is 0.923 bits per heavy atom. The van der Waals surface area contributed by atoms with Gasteiger partial charge in [0.1, 0.15) is 11.9 Å². The van der Waals surface area contributed by atoms with Crippen molar-refractivity contribution in [1.29, 1.82) is 0 Å². The van der Waals surface area contributed by atoms with Gasteiger partial charge in [-0.1, -0.05) is 45.0 Å². The fourth-order valence-corrected chi connectivity index (χ4v) is 4.46. The van der Waals surface area contributed by atoms with Crippen LogP contribution in [0.1, 0.15) is 72.3 Å². The molecule has 8 heteroatoms. The van der Waals surface area contributed by atoms with E-state index in [1.165, 1.54) is 12.1 Å². The monoisotopic (exact) mass is 541 g/mol. The molecule has 0 saturated heterocycles. The number of halogens is 3. The SMILES string of the molecule is Cc1cc(OC(CC(C)(C)C)c2ccc(C(=O)NCCC(=O)O)cc2)cc(C)c1-c1ccc(C(F)(F)F)cc1. The van der Waals surface area contributed by atoms with Crippen molar-refractivity contribution in [2.45, 2.75) is 59.7 Å². The Balaban J connectivity index is 1.84. The Kier molecular flexibility index (Phi) is 9.10. The fourth-order valence-electron chi connectivity index (χ4n) is 4.46. The Labute approximate surface area is 227 Å². The first-order valence-electron chi connectivity index (χ1n) is 12.7. The number of ether oxygens (including phenoxy) is 1. The molecule has 1 unspecified atom stereocenters. The molecule has 0 fully saturated rings. The lowest BCUT2D eigenvalue weighted by Crippen LogP contribution is -2.26. The number of carbonyl (C=O) groups excluding carboxylic acids is 1. The number of rotatable bonds is 9. The van der Waals surface area contributed by atoms with Crippen molar-refractivity contribution in [2.75, 3.05) is 6.54 Å². The number of carboxylic acids is 1. The quantitative estimate of drug-likeness (QED) is 0.290. The van der Waals surface area contributed by atoms with Gasteiger partial charge >= 0.3 is 12.1 Å². The van der Waals surface area contributed by atoms with Crippen molar-refractivity contribution < 1.29 is 32.6 Å². The molecular weight excluding hydrogens is 507 g/mol. The van der Waals surface area contributed by atoms with Gasteiger partial charge in [0.15, 0.2) is 0 Å². The van der Waals surface area contributed by atoms with Gasteiger partial charge in [0, 0.05) is 12.1 Å². The molecule has 3 aromatic carbocycles. The summed E-state index contributed by atoms with van der Waals surface area (Å²) in [5.74, 6) is -0.683. The molecule has 0 aromatic heterocycles. The smallest absolute Gasteiger partial charge is 0.416 e. The topological polar surface area (TPSA) is 75.6 Å². The maximum absolute atomic E-state index is 13.0. The number of nitrogens with one attached hydrogen (secondary N) is 1. The zero-order chi connectivity index (χ0) is 29.0. The first-order chi connectivity index (χ1) is 18.1. The molecule has 3 aromatic rings. The lowest BCUT2D eigenvalue weighted by atomic mass is 9.86. The van der Waals surface area contributed by atoms with Crippen molar-refractivity contribution in [3.63, 3.8) is 0 Å². The zero-order valence-electron chi connectivity index (χ0n) is 22.8.